The van der Waals surface area contributed by atoms with Gasteiger partial charge in [-0.1, -0.05) is 24.3 Å². The van der Waals surface area contributed by atoms with Gasteiger partial charge in [0.05, 0.1) is 18.4 Å². The van der Waals surface area contributed by atoms with Crippen molar-refractivity contribution in [2.24, 2.45) is 0 Å². The summed E-state index contributed by atoms with van der Waals surface area (Å²) < 4.78 is 10.5. The zero-order valence-electron chi connectivity index (χ0n) is 14.4. The monoisotopic (exact) mass is 369 g/mol. The molecule has 0 unspecified atom stereocenters. The Morgan fingerprint density at radius 3 is 2.65 bits per heavy atom. The molecule has 3 rings (SSSR count). The highest BCUT2D eigenvalue weighted by molar-refractivity contribution is 7.12. The summed E-state index contributed by atoms with van der Waals surface area (Å²) in [6.45, 7) is 0.465. The van der Waals surface area contributed by atoms with Crippen molar-refractivity contribution in [1.29, 1.82) is 0 Å². The number of rotatable bonds is 7. The van der Waals surface area contributed by atoms with E-state index in [9.17, 15) is 9.59 Å². The first-order valence-electron chi connectivity index (χ1n) is 8.20. The molecule has 0 saturated carbocycles. The lowest BCUT2D eigenvalue weighted by atomic mass is 10.1. The summed E-state index contributed by atoms with van der Waals surface area (Å²) in [5, 5.41) is 6.67. The maximum Gasteiger partial charge on any atom is 0.307 e. The zero-order chi connectivity index (χ0) is 18.4. The van der Waals surface area contributed by atoms with E-state index in [0.717, 1.165) is 22.1 Å². The number of ether oxygens (including phenoxy) is 2. The molecule has 0 atom stereocenters. The molecule has 0 fully saturated rings. The number of fused-ring (bicyclic) bond motifs is 1. The maximum absolute atomic E-state index is 11.8. The van der Waals surface area contributed by atoms with Crippen molar-refractivity contribution in [3.05, 3.63) is 64.4 Å². The van der Waals surface area contributed by atoms with Crippen molar-refractivity contribution in [2.75, 3.05) is 13.7 Å². The molecule has 134 valence electrons. The van der Waals surface area contributed by atoms with Crippen LogP contribution in [-0.4, -0.2) is 25.5 Å². The van der Waals surface area contributed by atoms with E-state index < -0.39 is 0 Å². The second kappa shape index (κ2) is 8.49. The van der Waals surface area contributed by atoms with Crippen molar-refractivity contribution >= 4 is 34.0 Å². The number of hydrogen-bond acceptors (Lipinski definition) is 5. The Kier molecular flexibility index (Phi) is 5.86. The molecule has 26 heavy (non-hydrogen) atoms. The SMILES string of the molecule is COc1ccc2cc(COC(=O)CCNC(=O)c3cccs3)ccc2c1. The van der Waals surface area contributed by atoms with Crippen LogP contribution in [0.2, 0.25) is 0 Å². The molecule has 6 heteroatoms. The van der Waals surface area contributed by atoms with Gasteiger partial charge in [-0.25, -0.2) is 0 Å². The topological polar surface area (TPSA) is 64.6 Å². The molecule has 3 aromatic rings. The maximum atomic E-state index is 11.8. The summed E-state index contributed by atoms with van der Waals surface area (Å²) in [6.07, 6.45) is 0.141. The largest absolute Gasteiger partial charge is 0.497 e. The van der Waals surface area contributed by atoms with Crippen LogP contribution < -0.4 is 10.1 Å². The molecule has 1 N–H and O–H groups in total. The molecule has 0 spiro atoms. The third kappa shape index (κ3) is 4.61. The van der Waals surface area contributed by atoms with Gasteiger partial charge in [-0.2, -0.15) is 0 Å². The van der Waals surface area contributed by atoms with Crippen LogP contribution in [0.5, 0.6) is 5.75 Å². The third-order valence-corrected chi connectivity index (χ3v) is 4.74. The summed E-state index contributed by atoms with van der Waals surface area (Å²) in [5.41, 5.74) is 0.915. The lowest BCUT2D eigenvalue weighted by molar-refractivity contribution is -0.144. The van der Waals surface area contributed by atoms with Crippen molar-refractivity contribution in [3.63, 3.8) is 0 Å². The lowest BCUT2D eigenvalue weighted by Gasteiger charge is -2.08. The van der Waals surface area contributed by atoms with Gasteiger partial charge in [-0.15, -0.1) is 11.3 Å². The van der Waals surface area contributed by atoms with Crippen molar-refractivity contribution in [3.8, 4) is 5.75 Å². The van der Waals surface area contributed by atoms with Gasteiger partial charge in [0.25, 0.3) is 5.91 Å². The van der Waals surface area contributed by atoms with E-state index in [-0.39, 0.29) is 31.4 Å². The number of benzene rings is 2. The average molecular weight is 369 g/mol. The molecule has 0 aliphatic heterocycles. The Morgan fingerprint density at radius 1 is 1.08 bits per heavy atom. The predicted molar refractivity (Wildman–Crippen MR) is 102 cm³/mol. The number of amides is 1. The Labute approximate surface area is 155 Å². The quantitative estimate of drug-likeness (QED) is 0.644. The number of carbonyl (C=O) groups excluding carboxylic acids is 2. The summed E-state index contributed by atoms with van der Waals surface area (Å²) in [6, 6.07) is 15.3. The van der Waals surface area contributed by atoms with E-state index >= 15 is 0 Å². The molecular formula is C20H19NO4S. The molecule has 0 aliphatic carbocycles. The van der Waals surface area contributed by atoms with Crippen LogP contribution in [0.25, 0.3) is 10.8 Å². The summed E-state index contributed by atoms with van der Waals surface area (Å²) in [5.74, 6) is 0.297. The second-order valence-corrected chi connectivity index (χ2v) is 6.64. The van der Waals surface area contributed by atoms with E-state index in [1.54, 1.807) is 13.2 Å². The third-order valence-electron chi connectivity index (χ3n) is 3.87. The minimum Gasteiger partial charge on any atom is -0.497 e. The number of esters is 1. The molecule has 0 radical (unpaired) electrons. The summed E-state index contributed by atoms with van der Waals surface area (Å²) >= 11 is 1.36. The van der Waals surface area contributed by atoms with E-state index in [1.165, 1.54) is 11.3 Å². The van der Waals surface area contributed by atoms with Crippen LogP contribution in [0.1, 0.15) is 21.7 Å². The van der Waals surface area contributed by atoms with Crippen molar-refractivity contribution < 1.29 is 19.1 Å². The molecule has 0 saturated heterocycles. The van der Waals surface area contributed by atoms with Crippen LogP contribution in [0.15, 0.2) is 53.9 Å². The molecule has 2 aromatic carbocycles. The molecule has 1 aromatic heterocycles. The first-order valence-corrected chi connectivity index (χ1v) is 9.07. The Balaban J connectivity index is 1.46. The highest BCUT2D eigenvalue weighted by Crippen LogP contribution is 2.22. The Bertz CT molecular complexity index is 905. The fourth-order valence-electron chi connectivity index (χ4n) is 2.50. The predicted octanol–water partition coefficient (Wildman–Crippen LogP) is 3.77. The van der Waals surface area contributed by atoms with Crippen molar-refractivity contribution in [1.82, 2.24) is 5.32 Å². The number of nitrogens with one attached hydrogen (secondary N) is 1. The van der Waals surface area contributed by atoms with Crippen molar-refractivity contribution in [2.45, 2.75) is 13.0 Å². The van der Waals surface area contributed by atoms with Gasteiger partial charge in [0, 0.05) is 6.54 Å². The average Bonchev–Trinajstić information content (AvgIpc) is 3.20. The van der Waals surface area contributed by atoms with Gasteiger partial charge in [-0.3, -0.25) is 9.59 Å². The Hall–Kier alpha value is -2.86. The van der Waals surface area contributed by atoms with Crippen LogP contribution in [0.4, 0.5) is 0 Å². The lowest BCUT2D eigenvalue weighted by Crippen LogP contribution is -2.25. The van der Waals surface area contributed by atoms with Gasteiger partial charge in [0.1, 0.15) is 12.4 Å². The van der Waals surface area contributed by atoms with Crippen LogP contribution >= 0.6 is 11.3 Å². The molecule has 1 amide bonds. The number of carbonyl (C=O) groups is 2. The molecule has 0 bridgehead atoms. The number of methoxy groups -OCH3 is 1. The van der Waals surface area contributed by atoms with E-state index in [1.807, 2.05) is 47.8 Å². The van der Waals surface area contributed by atoms with E-state index in [2.05, 4.69) is 5.32 Å². The van der Waals surface area contributed by atoms with Gasteiger partial charge in [-0.05, 0) is 46.0 Å². The number of thiophene rings is 1. The standard InChI is InChI=1S/C20H19NO4S/c1-24-17-7-6-15-11-14(4-5-16(15)12-17)13-25-19(22)8-9-21-20(23)18-3-2-10-26-18/h2-7,10-12H,8-9,13H2,1H3,(H,21,23). The smallest absolute Gasteiger partial charge is 0.307 e. The second-order valence-electron chi connectivity index (χ2n) is 5.69. The fraction of sp³-hybridized carbons (Fsp3) is 0.200. The first-order chi connectivity index (χ1) is 12.7. The molecule has 5 nitrogen and oxygen atoms in total. The number of hydrogen-bond donors (Lipinski definition) is 1. The van der Waals surface area contributed by atoms with E-state index in [0.29, 0.717) is 4.88 Å². The zero-order valence-corrected chi connectivity index (χ0v) is 15.2. The molecular weight excluding hydrogens is 350 g/mol. The Morgan fingerprint density at radius 2 is 1.88 bits per heavy atom. The van der Waals surface area contributed by atoms with Crippen LogP contribution in [0.3, 0.4) is 0 Å². The van der Waals surface area contributed by atoms with Crippen LogP contribution in [-0.2, 0) is 16.1 Å². The fourth-order valence-corrected chi connectivity index (χ4v) is 3.14. The summed E-state index contributed by atoms with van der Waals surface area (Å²) in [4.78, 5) is 24.2. The van der Waals surface area contributed by atoms with Gasteiger partial charge in [0.2, 0.25) is 0 Å². The molecule has 0 aliphatic rings. The minimum atomic E-state index is -0.341. The van der Waals surface area contributed by atoms with Gasteiger partial charge < -0.3 is 14.8 Å². The minimum absolute atomic E-state index is 0.141. The normalized spacial score (nSPS) is 10.5. The summed E-state index contributed by atoms with van der Waals surface area (Å²) in [7, 11) is 1.64. The highest BCUT2D eigenvalue weighted by atomic mass is 32.1. The highest BCUT2D eigenvalue weighted by Gasteiger charge is 2.08. The van der Waals surface area contributed by atoms with Gasteiger partial charge in [0.15, 0.2) is 0 Å². The van der Waals surface area contributed by atoms with Gasteiger partial charge >= 0.3 is 5.97 Å². The molecule has 1 heterocycles. The van der Waals surface area contributed by atoms with Crippen LogP contribution in [0, 0.1) is 0 Å². The first kappa shape index (κ1) is 17.9. The van der Waals surface area contributed by atoms with E-state index in [4.69, 9.17) is 9.47 Å².